The second kappa shape index (κ2) is 8.58. The summed E-state index contributed by atoms with van der Waals surface area (Å²) < 4.78 is 4.10. The Bertz CT molecular complexity index is 270. The van der Waals surface area contributed by atoms with Crippen molar-refractivity contribution in [3.63, 3.8) is 0 Å². The minimum atomic E-state index is -1.18. The van der Waals surface area contributed by atoms with Crippen LogP contribution in [0.15, 0.2) is 0 Å². The number of unbranched alkanes of at least 4 members (excludes halogenated alkanes) is 3. The van der Waals surface area contributed by atoms with Crippen molar-refractivity contribution in [2.24, 2.45) is 0 Å². The van der Waals surface area contributed by atoms with Crippen molar-refractivity contribution in [1.82, 2.24) is 0 Å². The highest BCUT2D eigenvalue weighted by Crippen LogP contribution is 2.06. The minimum Gasteiger partial charge on any atom is -0.481 e. The third kappa shape index (κ3) is 8.86. The van der Waals surface area contributed by atoms with Crippen LogP contribution in [0.4, 0.5) is 0 Å². The van der Waals surface area contributed by atoms with E-state index < -0.39 is 17.9 Å². The maximum Gasteiger partial charge on any atom is 0.378 e. The third-order valence-electron chi connectivity index (χ3n) is 1.83. The molecule has 0 aliphatic heterocycles. The van der Waals surface area contributed by atoms with E-state index in [1.54, 1.807) is 0 Å². The van der Waals surface area contributed by atoms with Gasteiger partial charge in [0.2, 0.25) is 6.29 Å². The molecular formula is C10H14O6. The Morgan fingerprint density at radius 2 is 1.56 bits per heavy atom. The molecule has 0 spiro atoms. The first-order valence-electron chi connectivity index (χ1n) is 4.98. The predicted octanol–water partition coefficient (Wildman–Crippen LogP) is 0.680. The van der Waals surface area contributed by atoms with E-state index in [0.717, 1.165) is 0 Å². The normalized spacial score (nSPS) is 9.50. The molecule has 0 saturated carbocycles. The first-order valence-corrected chi connectivity index (χ1v) is 4.98. The Kier molecular flexibility index (Phi) is 7.66. The van der Waals surface area contributed by atoms with Gasteiger partial charge in [-0.2, -0.15) is 0 Å². The van der Waals surface area contributed by atoms with Crippen molar-refractivity contribution in [3.05, 3.63) is 0 Å². The van der Waals surface area contributed by atoms with Crippen LogP contribution in [-0.4, -0.2) is 29.3 Å². The average molecular weight is 230 g/mol. The fraction of sp³-hybridized carbons (Fsp3) is 0.600. The molecule has 0 aromatic heterocycles. The standard InChI is InChI=1S/C10H14O6/c11-7-10(15)16-9(14)6-4-2-1-3-5-8(12)13/h7H,1-6H2,(H,12,13). The smallest absolute Gasteiger partial charge is 0.378 e. The first kappa shape index (κ1) is 14.3. The molecule has 0 bridgehead atoms. The molecule has 0 aromatic carbocycles. The zero-order chi connectivity index (χ0) is 12.4. The van der Waals surface area contributed by atoms with Gasteiger partial charge >= 0.3 is 17.9 Å². The molecule has 0 rings (SSSR count). The molecule has 0 aliphatic rings. The zero-order valence-electron chi connectivity index (χ0n) is 8.81. The van der Waals surface area contributed by atoms with Crippen LogP contribution in [0.2, 0.25) is 0 Å². The number of carbonyl (C=O) groups excluding carboxylic acids is 3. The predicted molar refractivity (Wildman–Crippen MR) is 52.5 cm³/mol. The van der Waals surface area contributed by atoms with E-state index in [9.17, 15) is 19.2 Å². The Labute approximate surface area is 92.6 Å². The summed E-state index contributed by atoms with van der Waals surface area (Å²) in [7, 11) is 0. The van der Waals surface area contributed by atoms with Gasteiger partial charge in [0.25, 0.3) is 0 Å². The third-order valence-corrected chi connectivity index (χ3v) is 1.83. The Hall–Kier alpha value is -1.72. The zero-order valence-corrected chi connectivity index (χ0v) is 8.81. The van der Waals surface area contributed by atoms with Gasteiger partial charge in [-0.1, -0.05) is 12.8 Å². The van der Waals surface area contributed by atoms with E-state index in [0.29, 0.717) is 25.7 Å². The van der Waals surface area contributed by atoms with Crippen LogP contribution < -0.4 is 0 Å². The number of carboxylic acid groups (broad SMARTS) is 1. The van der Waals surface area contributed by atoms with E-state index in [2.05, 4.69) is 4.74 Å². The van der Waals surface area contributed by atoms with E-state index in [4.69, 9.17) is 5.11 Å². The van der Waals surface area contributed by atoms with Crippen LogP contribution in [0.3, 0.4) is 0 Å². The number of esters is 2. The number of ether oxygens (including phenoxy) is 1. The molecule has 1 N–H and O–H groups in total. The first-order chi connectivity index (χ1) is 7.56. The second-order valence-electron chi connectivity index (χ2n) is 3.22. The van der Waals surface area contributed by atoms with Gasteiger partial charge in [-0.15, -0.1) is 0 Å². The topological polar surface area (TPSA) is 97.7 Å². The Balaban J connectivity index is 3.37. The maximum absolute atomic E-state index is 10.9. The highest BCUT2D eigenvalue weighted by molar-refractivity contribution is 6.22. The van der Waals surface area contributed by atoms with Gasteiger partial charge in [-0.3, -0.25) is 14.4 Å². The number of hydrogen-bond acceptors (Lipinski definition) is 5. The molecule has 0 amide bonds. The van der Waals surface area contributed by atoms with Crippen molar-refractivity contribution in [1.29, 1.82) is 0 Å². The molecule has 16 heavy (non-hydrogen) atoms. The molecule has 0 heterocycles. The molecule has 90 valence electrons. The molecule has 0 radical (unpaired) electrons. The summed E-state index contributed by atoms with van der Waals surface area (Å²) in [6.07, 6.45) is 2.60. The molecule has 6 heteroatoms. The number of carboxylic acids is 1. The number of aldehydes is 1. The van der Waals surface area contributed by atoms with E-state index in [-0.39, 0.29) is 19.1 Å². The molecule has 0 atom stereocenters. The molecule has 0 saturated heterocycles. The fourth-order valence-corrected chi connectivity index (χ4v) is 1.09. The van der Waals surface area contributed by atoms with E-state index >= 15 is 0 Å². The number of carbonyl (C=O) groups is 4. The lowest BCUT2D eigenvalue weighted by Crippen LogP contribution is -2.12. The van der Waals surface area contributed by atoms with Gasteiger partial charge in [0.05, 0.1) is 0 Å². The summed E-state index contributed by atoms with van der Waals surface area (Å²) in [4.78, 5) is 41.2. The van der Waals surface area contributed by atoms with Crippen molar-refractivity contribution in [3.8, 4) is 0 Å². The second-order valence-corrected chi connectivity index (χ2v) is 3.22. The van der Waals surface area contributed by atoms with Crippen LogP contribution in [0, 0.1) is 0 Å². The summed E-state index contributed by atoms with van der Waals surface area (Å²) in [6, 6.07) is 0. The van der Waals surface area contributed by atoms with Crippen LogP contribution in [-0.2, 0) is 23.9 Å². The van der Waals surface area contributed by atoms with Crippen molar-refractivity contribution in [2.45, 2.75) is 38.5 Å². The highest BCUT2D eigenvalue weighted by Gasteiger charge is 2.08. The fourth-order valence-electron chi connectivity index (χ4n) is 1.09. The Morgan fingerprint density at radius 3 is 2.06 bits per heavy atom. The molecule has 0 unspecified atom stereocenters. The van der Waals surface area contributed by atoms with E-state index in [1.165, 1.54) is 0 Å². The van der Waals surface area contributed by atoms with Crippen LogP contribution in [0.1, 0.15) is 38.5 Å². The highest BCUT2D eigenvalue weighted by atomic mass is 16.6. The number of hydrogen-bond donors (Lipinski definition) is 1. The Morgan fingerprint density at radius 1 is 1.00 bits per heavy atom. The SMILES string of the molecule is O=CC(=O)OC(=O)CCCCCCC(=O)O. The lowest BCUT2D eigenvalue weighted by Gasteiger charge is -1.99. The molecule has 0 aliphatic carbocycles. The molecule has 6 nitrogen and oxygen atoms in total. The largest absolute Gasteiger partial charge is 0.481 e. The summed E-state index contributed by atoms with van der Waals surface area (Å²) in [6.45, 7) is 0. The van der Waals surface area contributed by atoms with Gasteiger partial charge < -0.3 is 9.84 Å². The van der Waals surface area contributed by atoms with Gasteiger partial charge in [-0.25, -0.2) is 4.79 Å². The van der Waals surface area contributed by atoms with Gasteiger partial charge in [0, 0.05) is 12.8 Å². The lowest BCUT2D eigenvalue weighted by molar-refractivity contribution is -0.161. The van der Waals surface area contributed by atoms with Crippen LogP contribution in [0.25, 0.3) is 0 Å². The van der Waals surface area contributed by atoms with E-state index in [1.807, 2.05) is 0 Å². The van der Waals surface area contributed by atoms with Gasteiger partial charge in [-0.05, 0) is 12.8 Å². The summed E-state index contributed by atoms with van der Waals surface area (Å²) in [5.74, 6) is -2.75. The van der Waals surface area contributed by atoms with Crippen molar-refractivity contribution in [2.75, 3.05) is 0 Å². The molecule has 0 fully saturated rings. The van der Waals surface area contributed by atoms with Crippen LogP contribution >= 0.6 is 0 Å². The van der Waals surface area contributed by atoms with Crippen molar-refractivity contribution < 1.29 is 29.0 Å². The monoisotopic (exact) mass is 230 g/mol. The molecular weight excluding hydrogens is 216 g/mol. The average Bonchev–Trinajstić information content (AvgIpc) is 2.22. The lowest BCUT2D eigenvalue weighted by atomic mass is 10.1. The summed E-state index contributed by atoms with van der Waals surface area (Å²) in [5.41, 5.74) is 0. The number of rotatable bonds is 8. The minimum absolute atomic E-state index is 0.0622. The quantitative estimate of drug-likeness (QED) is 0.216. The maximum atomic E-state index is 10.9. The number of aliphatic carboxylic acids is 1. The van der Waals surface area contributed by atoms with Gasteiger partial charge in [0.1, 0.15) is 0 Å². The van der Waals surface area contributed by atoms with Gasteiger partial charge in [0.15, 0.2) is 0 Å². The van der Waals surface area contributed by atoms with Crippen LogP contribution in [0.5, 0.6) is 0 Å². The summed E-state index contributed by atoms with van der Waals surface area (Å²) in [5, 5.41) is 8.34. The molecule has 0 aromatic rings. The summed E-state index contributed by atoms with van der Waals surface area (Å²) >= 11 is 0. The van der Waals surface area contributed by atoms with Crippen molar-refractivity contribution >= 4 is 24.2 Å².